The van der Waals surface area contributed by atoms with Crippen LogP contribution in [0.4, 0.5) is 0 Å². The Morgan fingerprint density at radius 2 is 1.86 bits per heavy atom. The van der Waals surface area contributed by atoms with Gasteiger partial charge in [0.15, 0.2) is 10.9 Å². The maximum Gasteiger partial charge on any atom is 0.343 e. The highest BCUT2D eigenvalue weighted by molar-refractivity contribution is 7.99. The van der Waals surface area contributed by atoms with E-state index in [-0.39, 0.29) is 17.2 Å². The molecular formula is C22H23N3O2S. The number of rotatable bonds is 7. The first kappa shape index (κ1) is 18.7. The minimum Gasteiger partial charge on any atom is -0.293 e. The van der Waals surface area contributed by atoms with E-state index < -0.39 is 0 Å². The first-order valence-electron chi connectivity index (χ1n) is 9.67. The van der Waals surface area contributed by atoms with E-state index in [1.165, 1.54) is 35.7 Å². The molecule has 0 fully saturated rings. The van der Waals surface area contributed by atoms with E-state index in [1.807, 2.05) is 42.5 Å². The predicted octanol–water partition coefficient (Wildman–Crippen LogP) is 3.67. The summed E-state index contributed by atoms with van der Waals surface area (Å²) in [7, 11) is 0. The van der Waals surface area contributed by atoms with Crippen LogP contribution in [0.15, 0.2) is 58.5 Å². The van der Waals surface area contributed by atoms with Gasteiger partial charge in [-0.2, -0.15) is 0 Å². The Bertz CT molecular complexity index is 1020. The van der Waals surface area contributed by atoms with Gasteiger partial charge < -0.3 is 0 Å². The molecule has 5 nitrogen and oxygen atoms in total. The number of carbonyl (C=O) groups excluding carboxylic acids is 1. The number of thioether (sulfide) groups is 1. The number of H-pyrrole nitrogens is 1. The Morgan fingerprint density at radius 3 is 2.68 bits per heavy atom. The lowest BCUT2D eigenvalue weighted by Gasteiger charge is -2.16. The van der Waals surface area contributed by atoms with Crippen molar-refractivity contribution in [1.82, 2.24) is 14.8 Å². The SMILES string of the molecule is O=C(CSc1n[nH]c(=O)n1CCc1ccccc1)c1ccc2c(c1)CCCC2. The summed E-state index contributed by atoms with van der Waals surface area (Å²) in [5.41, 5.74) is 4.36. The standard InChI is InChI=1S/C22H23N3O2S/c26-20(19-11-10-17-8-4-5-9-18(17)14-19)15-28-22-24-23-21(27)25(22)13-12-16-6-2-1-3-7-16/h1-3,6-7,10-11,14H,4-5,8-9,12-13,15H2,(H,23,27). The molecule has 0 atom stereocenters. The smallest absolute Gasteiger partial charge is 0.293 e. The van der Waals surface area contributed by atoms with Gasteiger partial charge in [0.1, 0.15) is 0 Å². The Morgan fingerprint density at radius 1 is 1.07 bits per heavy atom. The first-order chi connectivity index (χ1) is 13.7. The Labute approximate surface area is 168 Å². The normalized spacial score (nSPS) is 13.3. The number of ketones is 1. The Hall–Kier alpha value is -2.60. The van der Waals surface area contributed by atoms with Crippen molar-refractivity contribution in [1.29, 1.82) is 0 Å². The van der Waals surface area contributed by atoms with E-state index in [1.54, 1.807) is 4.57 Å². The number of hydrogen-bond acceptors (Lipinski definition) is 4. The Kier molecular flexibility index (Phi) is 5.76. The molecule has 144 valence electrons. The van der Waals surface area contributed by atoms with Gasteiger partial charge in [-0.05, 0) is 54.9 Å². The van der Waals surface area contributed by atoms with Crippen molar-refractivity contribution in [3.63, 3.8) is 0 Å². The molecule has 0 amide bonds. The van der Waals surface area contributed by atoms with Crippen LogP contribution in [0.5, 0.6) is 0 Å². The van der Waals surface area contributed by atoms with Gasteiger partial charge in [0, 0.05) is 12.1 Å². The maximum atomic E-state index is 12.7. The van der Waals surface area contributed by atoms with Crippen LogP contribution in [0.3, 0.4) is 0 Å². The largest absolute Gasteiger partial charge is 0.343 e. The third-order valence-electron chi connectivity index (χ3n) is 5.19. The molecule has 1 aromatic heterocycles. The summed E-state index contributed by atoms with van der Waals surface area (Å²) in [5, 5.41) is 7.17. The van der Waals surface area contributed by atoms with Crippen molar-refractivity contribution >= 4 is 17.5 Å². The van der Waals surface area contributed by atoms with Crippen LogP contribution in [0.2, 0.25) is 0 Å². The van der Waals surface area contributed by atoms with E-state index in [9.17, 15) is 9.59 Å². The summed E-state index contributed by atoms with van der Waals surface area (Å²) in [5.74, 6) is 0.345. The highest BCUT2D eigenvalue weighted by Gasteiger charge is 2.15. The number of hydrogen-bond donors (Lipinski definition) is 1. The number of fused-ring (bicyclic) bond motifs is 1. The number of nitrogens with zero attached hydrogens (tertiary/aromatic N) is 2. The van der Waals surface area contributed by atoms with Crippen molar-refractivity contribution in [3.05, 3.63) is 81.3 Å². The van der Waals surface area contributed by atoms with Gasteiger partial charge in [0.25, 0.3) is 0 Å². The molecular weight excluding hydrogens is 370 g/mol. The van der Waals surface area contributed by atoms with Gasteiger partial charge in [0.05, 0.1) is 5.75 Å². The van der Waals surface area contributed by atoms with Gasteiger partial charge in [0.2, 0.25) is 0 Å². The number of nitrogens with one attached hydrogen (secondary N) is 1. The molecule has 6 heteroatoms. The molecule has 0 radical (unpaired) electrons. The molecule has 28 heavy (non-hydrogen) atoms. The van der Waals surface area contributed by atoms with Gasteiger partial charge >= 0.3 is 5.69 Å². The fraction of sp³-hybridized carbons (Fsp3) is 0.318. The molecule has 0 spiro atoms. The van der Waals surface area contributed by atoms with Crippen LogP contribution in [-0.4, -0.2) is 26.3 Å². The van der Waals surface area contributed by atoms with Crippen LogP contribution >= 0.6 is 11.8 Å². The monoisotopic (exact) mass is 393 g/mol. The number of aromatic nitrogens is 3. The summed E-state index contributed by atoms with van der Waals surface area (Å²) >= 11 is 1.31. The lowest BCUT2D eigenvalue weighted by atomic mass is 9.90. The molecule has 1 aliphatic carbocycles. The highest BCUT2D eigenvalue weighted by Crippen LogP contribution is 2.23. The molecule has 0 saturated heterocycles. The minimum absolute atomic E-state index is 0.0726. The fourth-order valence-corrected chi connectivity index (χ4v) is 4.48. The van der Waals surface area contributed by atoms with E-state index in [2.05, 4.69) is 16.3 Å². The molecule has 0 aliphatic heterocycles. The van der Waals surface area contributed by atoms with Gasteiger partial charge in [-0.3, -0.25) is 9.36 Å². The lowest BCUT2D eigenvalue weighted by molar-refractivity contribution is 0.102. The molecule has 0 saturated carbocycles. The summed E-state index contributed by atoms with van der Waals surface area (Å²) in [6, 6.07) is 16.1. The second-order valence-corrected chi connectivity index (χ2v) is 8.04. The topological polar surface area (TPSA) is 67.8 Å². The summed E-state index contributed by atoms with van der Waals surface area (Å²) in [4.78, 5) is 24.7. The van der Waals surface area contributed by atoms with Crippen LogP contribution < -0.4 is 5.69 Å². The van der Waals surface area contributed by atoms with Crippen molar-refractivity contribution in [3.8, 4) is 0 Å². The van der Waals surface area contributed by atoms with Gasteiger partial charge in [-0.15, -0.1) is 5.10 Å². The third-order valence-corrected chi connectivity index (χ3v) is 6.17. The second-order valence-electron chi connectivity index (χ2n) is 7.10. The van der Waals surface area contributed by atoms with Crippen molar-refractivity contribution < 1.29 is 4.79 Å². The average molecular weight is 394 g/mol. The molecule has 1 N–H and O–H groups in total. The van der Waals surface area contributed by atoms with Gasteiger partial charge in [-0.25, -0.2) is 9.89 Å². The van der Waals surface area contributed by atoms with E-state index in [0.29, 0.717) is 11.7 Å². The molecule has 1 heterocycles. The number of benzene rings is 2. The number of aryl methyl sites for hydroxylation is 3. The minimum atomic E-state index is -0.236. The Balaban J connectivity index is 1.41. The molecule has 0 unspecified atom stereocenters. The van der Waals surface area contributed by atoms with Crippen molar-refractivity contribution in [2.75, 3.05) is 5.75 Å². The third kappa shape index (κ3) is 4.28. The van der Waals surface area contributed by atoms with Crippen LogP contribution in [0, 0.1) is 0 Å². The predicted molar refractivity (Wildman–Crippen MR) is 111 cm³/mol. The molecule has 0 bridgehead atoms. The highest BCUT2D eigenvalue weighted by atomic mass is 32.2. The quantitative estimate of drug-likeness (QED) is 0.491. The van der Waals surface area contributed by atoms with E-state index >= 15 is 0 Å². The average Bonchev–Trinajstić information content (AvgIpc) is 3.10. The van der Waals surface area contributed by atoms with Crippen molar-refractivity contribution in [2.45, 2.75) is 43.8 Å². The summed E-state index contributed by atoms with van der Waals surface area (Å²) in [6.07, 6.45) is 5.34. The first-order valence-corrected chi connectivity index (χ1v) is 10.7. The van der Waals surface area contributed by atoms with E-state index in [4.69, 9.17) is 0 Å². The number of Topliss-reactive ketones (excluding diaryl/α,β-unsaturated/α-hetero) is 1. The lowest BCUT2D eigenvalue weighted by Crippen LogP contribution is -2.19. The zero-order valence-electron chi connectivity index (χ0n) is 15.7. The number of carbonyl (C=O) groups is 1. The molecule has 2 aromatic carbocycles. The van der Waals surface area contributed by atoms with Crippen LogP contribution in [0.1, 0.15) is 39.9 Å². The van der Waals surface area contributed by atoms with Gasteiger partial charge in [-0.1, -0.05) is 54.2 Å². The fourth-order valence-electron chi connectivity index (χ4n) is 3.62. The zero-order chi connectivity index (χ0) is 19.3. The summed E-state index contributed by atoms with van der Waals surface area (Å²) in [6.45, 7) is 0.536. The summed E-state index contributed by atoms with van der Waals surface area (Å²) < 4.78 is 1.61. The molecule has 1 aliphatic rings. The molecule has 3 aromatic rings. The van der Waals surface area contributed by atoms with Crippen molar-refractivity contribution in [2.24, 2.45) is 0 Å². The zero-order valence-corrected chi connectivity index (χ0v) is 16.5. The van der Waals surface area contributed by atoms with Crippen LogP contribution in [-0.2, 0) is 25.8 Å². The van der Waals surface area contributed by atoms with E-state index in [0.717, 1.165) is 30.4 Å². The maximum absolute atomic E-state index is 12.7. The molecule has 4 rings (SSSR count). The number of aromatic amines is 1. The second kappa shape index (κ2) is 8.61. The van der Waals surface area contributed by atoms with Crippen LogP contribution in [0.25, 0.3) is 0 Å².